The molecular weight excluding hydrogens is 216 g/mol. The van der Waals surface area contributed by atoms with Gasteiger partial charge in [-0.1, -0.05) is 13.3 Å². The minimum atomic E-state index is 0. The van der Waals surface area contributed by atoms with Gasteiger partial charge in [0, 0.05) is 34.7 Å². The van der Waals surface area contributed by atoms with Gasteiger partial charge in [-0.15, -0.1) is 0 Å². The maximum absolute atomic E-state index is 11.6. The van der Waals surface area contributed by atoms with Gasteiger partial charge in [-0.05, 0) is 25.8 Å². The Bertz CT molecular complexity index is 221. The Labute approximate surface area is 106 Å². The molecule has 1 aliphatic rings. The van der Waals surface area contributed by atoms with Gasteiger partial charge in [0.15, 0.2) is 0 Å². The zero-order valence-electron chi connectivity index (χ0n) is 11.2. The van der Waals surface area contributed by atoms with E-state index in [1.165, 1.54) is 6.42 Å². The molecule has 1 amide bonds. The summed E-state index contributed by atoms with van der Waals surface area (Å²) >= 11 is 0. The number of hydrogen-bond acceptors (Lipinski definition) is 3. The Balaban J connectivity index is 0.00000289. The van der Waals surface area contributed by atoms with Crippen LogP contribution in [0.1, 0.15) is 40.5 Å². The first-order valence-electron chi connectivity index (χ1n) is 6.77. The third-order valence-electron chi connectivity index (χ3n) is 3.11. The maximum atomic E-state index is 11.6. The van der Waals surface area contributed by atoms with Crippen molar-refractivity contribution in [3.63, 3.8) is 0 Å². The third-order valence-corrected chi connectivity index (χ3v) is 3.11. The summed E-state index contributed by atoms with van der Waals surface area (Å²) in [6.07, 6.45) is 4.96. The van der Waals surface area contributed by atoms with Crippen molar-refractivity contribution in [2.45, 2.75) is 45.1 Å². The van der Waals surface area contributed by atoms with Crippen LogP contribution in [0, 0.1) is 0 Å². The highest BCUT2D eigenvalue weighted by molar-refractivity contribution is 5.76. The minimum Gasteiger partial charge on any atom is -0.385 e. The molecule has 4 nitrogen and oxygen atoms in total. The monoisotopic (exact) mass is 244 g/mol. The van der Waals surface area contributed by atoms with Crippen LogP contribution in [-0.2, 0) is 9.53 Å². The van der Waals surface area contributed by atoms with Gasteiger partial charge in [-0.3, -0.25) is 9.69 Å². The van der Waals surface area contributed by atoms with E-state index in [1.54, 1.807) is 7.11 Å². The Morgan fingerprint density at radius 2 is 2.18 bits per heavy atom. The quantitative estimate of drug-likeness (QED) is 0.627. The molecule has 1 heterocycles. The molecule has 0 spiro atoms. The van der Waals surface area contributed by atoms with Crippen LogP contribution in [0.15, 0.2) is 0 Å². The largest absolute Gasteiger partial charge is 0.385 e. The molecule has 0 aliphatic carbocycles. The number of methoxy groups -OCH3 is 1. The molecule has 17 heavy (non-hydrogen) atoms. The molecule has 0 unspecified atom stereocenters. The Morgan fingerprint density at radius 3 is 2.82 bits per heavy atom. The number of ether oxygens (including phenoxy) is 1. The van der Waals surface area contributed by atoms with Crippen molar-refractivity contribution in [3.8, 4) is 0 Å². The van der Waals surface area contributed by atoms with E-state index >= 15 is 0 Å². The fourth-order valence-corrected chi connectivity index (χ4v) is 2.17. The molecule has 1 saturated heterocycles. The molecule has 0 aromatic carbocycles. The summed E-state index contributed by atoms with van der Waals surface area (Å²) in [6.45, 7) is 6.21. The number of amides is 1. The van der Waals surface area contributed by atoms with Crippen molar-refractivity contribution in [2.75, 3.05) is 33.4 Å². The van der Waals surface area contributed by atoms with Crippen LogP contribution < -0.4 is 5.32 Å². The number of likely N-dealkylation sites (tertiary alicyclic amines) is 1. The molecular formula is C13H28N2O2. The molecule has 1 aliphatic heterocycles. The van der Waals surface area contributed by atoms with Crippen LogP contribution in [0.5, 0.6) is 0 Å². The Hall–Kier alpha value is -0.610. The highest BCUT2D eigenvalue weighted by atomic mass is 16.5. The highest BCUT2D eigenvalue weighted by Crippen LogP contribution is 2.08. The van der Waals surface area contributed by atoms with Crippen molar-refractivity contribution in [3.05, 3.63) is 0 Å². The van der Waals surface area contributed by atoms with Gasteiger partial charge in [0.2, 0.25) is 5.91 Å². The fraction of sp³-hybridized carbons (Fsp3) is 0.923. The summed E-state index contributed by atoms with van der Waals surface area (Å²) in [4.78, 5) is 14.0. The molecule has 4 heteroatoms. The first-order valence-corrected chi connectivity index (χ1v) is 6.77. The number of rotatable bonds is 9. The maximum Gasteiger partial charge on any atom is 0.220 e. The average molecular weight is 244 g/mol. The standard InChI is InChI=1S/C13H26N2O2.H2/c1-3-8-15-10-12(11-15)14-13(16)7-5-4-6-9-17-2;/h12H,3-11H2,1-2H3,(H,14,16);1H. The van der Waals surface area contributed by atoms with Gasteiger partial charge in [-0.25, -0.2) is 0 Å². The van der Waals surface area contributed by atoms with Gasteiger partial charge >= 0.3 is 0 Å². The van der Waals surface area contributed by atoms with E-state index in [1.807, 2.05) is 0 Å². The lowest BCUT2D eigenvalue weighted by molar-refractivity contribution is -0.123. The van der Waals surface area contributed by atoms with Crippen molar-refractivity contribution in [2.24, 2.45) is 0 Å². The molecule has 1 rings (SSSR count). The van der Waals surface area contributed by atoms with Crippen molar-refractivity contribution in [1.29, 1.82) is 0 Å². The van der Waals surface area contributed by atoms with E-state index in [4.69, 9.17) is 4.74 Å². The molecule has 102 valence electrons. The number of nitrogens with one attached hydrogen (secondary N) is 1. The summed E-state index contributed by atoms with van der Waals surface area (Å²) < 4.78 is 4.97. The van der Waals surface area contributed by atoms with E-state index in [0.29, 0.717) is 12.5 Å². The molecule has 0 radical (unpaired) electrons. The highest BCUT2D eigenvalue weighted by Gasteiger charge is 2.26. The first kappa shape index (κ1) is 14.5. The van der Waals surface area contributed by atoms with E-state index in [2.05, 4.69) is 17.1 Å². The summed E-state index contributed by atoms with van der Waals surface area (Å²) in [5.74, 6) is 0.212. The summed E-state index contributed by atoms with van der Waals surface area (Å²) in [7, 11) is 1.71. The number of carbonyl (C=O) groups excluding carboxylic acids is 1. The molecule has 0 saturated carbocycles. The second-order valence-electron chi connectivity index (χ2n) is 4.83. The lowest BCUT2D eigenvalue weighted by atomic mass is 10.1. The number of unbranched alkanes of at least 4 members (excludes halogenated alkanes) is 2. The molecule has 0 bridgehead atoms. The molecule has 0 atom stereocenters. The van der Waals surface area contributed by atoms with Crippen LogP contribution in [-0.4, -0.2) is 50.2 Å². The van der Waals surface area contributed by atoms with Crippen LogP contribution in [0.3, 0.4) is 0 Å². The summed E-state index contributed by atoms with van der Waals surface area (Å²) in [5, 5.41) is 3.08. The van der Waals surface area contributed by atoms with Crippen molar-refractivity contribution >= 4 is 5.91 Å². The Kier molecular flexibility index (Phi) is 7.21. The topological polar surface area (TPSA) is 41.6 Å². The SMILES string of the molecule is CCCN1CC(NC(=O)CCCCCOC)C1.[HH]. The van der Waals surface area contributed by atoms with Gasteiger partial charge in [0.25, 0.3) is 0 Å². The van der Waals surface area contributed by atoms with E-state index in [-0.39, 0.29) is 7.33 Å². The minimum absolute atomic E-state index is 0. The van der Waals surface area contributed by atoms with Gasteiger partial charge in [-0.2, -0.15) is 0 Å². The lowest BCUT2D eigenvalue weighted by Gasteiger charge is -2.39. The predicted octanol–water partition coefficient (Wildman–Crippen LogP) is 1.65. The summed E-state index contributed by atoms with van der Waals surface area (Å²) in [5.41, 5.74) is 0. The normalized spacial score (nSPS) is 16.8. The van der Waals surface area contributed by atoms with Crippen LogP contribution in [0.25, 0.3) is 0 Å². The molecule has 1 N–H and O–H groups in total. The second-order valence-corrected chi connectivity index (χ2v) is 4.83. The Morgan fingerprint density at radius 1 is 1.41 bits per heavy atom. The van der Waals surface area contributed by atoms with Crippen LogP contribution >= 0.6 is 0 Å². The number of nitrogens with zero attached hydrogens (tertiary/aromatic N) is 1. The second kappa shape index (κ2) is 8.48. The fourth-order valence-electron chi connectivity index (χ4n) is 2.17. The van der Waals surface area contributed by atoms with Crippen molar-refractivity contribution in [1.82, 2.24) is 10.2 Å². The zero-order valence-corrected chi connectivity index (χ0v) is 11.2. The number of hydrogen-bond donors (Lipinski definition) is 1. The van der Waals surface area contributed by atoms with E-state index in [0.717, 1.165) is 45.5 Å². The van der Waals surface area contributed by atoms with Gasteiger partial charge in [0.1, 0.15) is 0 Å². The first-order chi connectivity index (χ1) is 8.26. The third kappa shape index (κ3) is 6.03. The van der Waals surface area contributed by atoms with Gasteiger partial charge < -0.3 is 10.1 Å². The molecule has 0 aromatic rings. The van der Waals surface area contributed by atoms with Gasteiger partial charge in [0.05, 0.1) is 6.04 Å². The van der Waals surface area contributed by atoms with Crippen LogP contribution in [0.4, 0.5) is 0 Å². The smallest absolute Gasteiger partial charge is 0.220 e. The average Bonchev–Trinajstić information content (AvgIpc) is 2.26. The summed E-state index contributed by atoms with van der Waals surface area (Å²) in [6, 6.07) is 0.396. The van der Waals surface area contributed by atoms with E-state index < -0.39 is 0 Å². The molecule has 1 fully saturated rings. The van der Waals surface area contributed by atoms with Crippen molar-refractivity contribution < 1.29 is 11.0 Å². The van der Waals surface area contributed by atoms with E-state index in [9.17, 15) is 4.79 Å². The molecule has 0 aromatic heterocycles. The number of carbonyl (C=O) groups is 1. The van der Waals surface area contributed by atoms with Crippen LogP contribution in [0.2, 0.25) is 0 Å². The lowest BCUT2D eigenvalue weighted by Crippen LogP contribution is -2.59. The predicted molar refractivity (Wildman–Crippen MR) is 71.1 cm³/mol. The zero-order chi connectivity index (χ0) is 12.5.